The van der Waals surface area contributed by atoms with Crippen molar-refractivity contribution in [2.75, 3.05) is 33.7 Å². The molecule has 0 aliphatic carbocycles. The van der Waals surface area contributed by atoms with Gasteiger partial charge < -0.3 is 9.42 Å². The van der Waals surface area contributed by atoms with Gasteiger partial charge in [-0.1, -0.05) is 19.0 Å². The molecule has 0 radical (unpaired) electrons. The number of rotatable bonds is 4. The van der Waals surface area contributed by atoms with Gasteiger partial charge in [0.25, 0.3) is 16.1 Å². The molecular weight excluding hydrogens is 344 g/mol. The van der Waals surface area contributed by atoms with Gasteiger partial charge in [-0.15, -0.1) is 0 Å². The van der Waals surface area contributed by atoms with Crippen LogP contribution in [0.25, 0.3) is 0 Å². The topological polar surface area (TPSA) is 87.0 Å². The van der Waals surface area contributed by atoms with Gasteiger partial charge in [0.15, 0.2) is 5.69 Å². The average Bonchev–Trinajstić information content (AvgIpc) is 2.86. The Labute approximate surface area is 148 Å². The van der Waals surface area contributed by atoms with Crippen LogP contribution in [0.5, 0.6) is 0 Å². The molecule has 140 valence electrons. The third-order valence-electron chi connectivity index (χ3n) is 5.05. The van der Waals surface area contributed by atoms with Crippen molar-refractivity contribution < 1.29 is 17.7 Å². The second-order valence-corrected chi connectivity index (χ2v) is 9.57. The van der Waals surface area contributed by atoms with Crippen LogP contribution in [0.15, 0.2) is 10.6 Å². The van der Waals surface area contributed by atoms with Crippen LogP contribution in [0, 0.1) is 5.92 Å². The number of hydrogen-bond donors (Lipinski definition) is 0. The van der Waals surface area contributed by atoms with E-state index in [4.69, 9.17) is 4.52 Å². The molecule has 25 heavy (non-hydrogen) atoms. The summed E-state index contributed by atoms with van der Waals surface area (Å²) < 4.78 is 33.0. The minimum absolute atomic E-state index is 0.125. The maximum atomic E-state index is 12.9. The molecule has 1 amide bonds. The quantitative estimate of drug-likeness (QED) is 0.793. The molecule has 9 heteroatoms. The molecule has 3 fully saturated rings. The molecule has 4 rings (SSSR count). The number of carbonyl (C=O) groups excluding carboxylic acids is 1. The van der Waals surface area contributed by atoms with Crippen LogP contribution in [0.2, 0.25) is 0 Å². The Morgan fingerprint density at radius 1 is 1.28 bits per heavy atom. The number of piperidine rings is 1. The zero-order valence-electron chi connectivity index (χ0n) is 15.2. The maximum absolute atomic E-state index is 12.9. The summed E-state index contributed by atoms with van der Waals surface area (Å²) in [6.07, 6.45) is 1.74. The number of fused-ring (bicyclic) bond motifs is 4. The van der Waals surface area contributed by atoms with E-state index in [0.29, 0.717) is 31.1 Å². The molecule has 8 nitrogen and oxygen atoms in total. The Morgan fingerprint density at radius 2 is 2.00 bits per heavy atom. The molecule has 1 aromatic heterocycles. The first-order valence-corrected chi connectivity index (χ1v) is 10.0. The van der Waals surface area contributed by atoms with E-state index in [1.54, 1.807) is 11.0 Å². The molecule has 3 saturated heterocycles. The fourth-order valence-corrected chi connectivity index (χ4v) is 4.74. The van der Waals surface area contributed by atoms with Gasteiger partial charge in [-0.2, -0.15) is 17.0 Å². The first kappa shape index (κ1) is 18.3. The van der Waals surface area contributed by atoms with E-state index >= 15 is 0 Å². The second kappa shape index (κ2) is 6.69. The van der Waals surface area contributed by atoms with Crippen molar-refractivity contribution in [1.29, 1.82) is 0 Å². The standard InChI is InChI=1S/C16H26N4O4S/c1-11(2)15-7-14(17-24-15)16(21)20-9-12-5-6-13(20)10-19(8-12)25(22,23)18(3)4/h7,11-13H,5-6,8-10H2,1-4H3/t12-,13+/m1/s1. The van der Waals surface area contributed by atoms with Crippen LogP contribution in [0.4, 0.5) is 0 Å². The summed E-state index contributed by atoms with van der Waals surface area (Å²) in [6.45, 7) is 5.31. The summed E-state index contributed by atoms with van der Waals surface area (Å²) in [5.41, 5.74) is 0.304. The predicted molar refractivity (Wildman–Crippen MR) is 92.3 cm³/mol. The number of aromatic nitrogens is 1. The van der Waals surface area contributed by atoms with Crippen LogP contribution in [-0.2, 0) is 10.2 Å². The van der Waals surface area contributed by atoms with Crippen LogP contribution < -0.4 is 0 Å². The summed E-state index contributed by atoms with van der Waals surface area (Å²) in [5, 5.41) is 3.92. The predicted octanol–water partition coefficient (Wildman–Crippen LogP) is 1.14. The maximum Gasteiger partial charge on any atom is 0.281 e. The van der Waals surface area contributed by atoms with Crippen molar-refractivity contribution in [2.45, 2.75) is 38.6 Å². The van der Waals surface area contributed by atoms with Gasteiger partial charge in [-0.25, -0.2) is 0 Å². The van der Waals surface area contributed by atoms with Crippen molar-refractivity contribution in [1.82, 2.24) is 18.7 Å². The van der Waals surface area contributed by atoms with E-state index < -0.39 is 10.2 Å². The Balaban J connectivity index is 1.81. The molecule has 3 aliphatic heterocycles. The van der Waals surface area contributed by atoms with Crippen molar-refractivity contribution >= 4 is 16.1 Å². The molecule has 1 aromatic rings. The van der Waals surface area contributed by atoms with Crippen LogP contribution in [-0.4, -0.2) is 72.8 Å². The van der Waals surface area contributed by atoms with Gasteiger partial charge in [-0.05, 0) is 18.8 Å². The van der Waals surface area contributed by atoms with E-state index in [1.807, 2.05) is 13.8 Å². The Bertz CT molecular complexity index is 743. The highest BCUT2D eigenvalue weighted by Gasteiger charge is 2.42. The highest BCUT2D eigenvalue weighted by atomic mass is 32.2. The number of hydrogen-bond acceptors (Lipinski definition) is 5. The zero-order valence-corrected chi connectivity index (χ0v) is 16.0. The highest BCUT2D eigenvalue weighted by molar-refractivity contribution is 7.86. The minimum Gasteiger partial charge on any atom is -0.360 e. The number of nitrogens with zero attached hydrogens (tertiary/aromatic N) is 4. The third-order valence-corrected chi connectivity index (χ3v) is 6.92. The summed E-state index contributed by atoms with van der Waals surface area (Å²) >= 11 is 0. The summed E-state index contributed by atoms with van der Waals surface area (Å²) in [7, 11) is -0.404. The van der Waals surface area contributed by atoms with Crippen molar-refractivity contribution in [3.63, 3.8) is 0 Å². The van der Waals surface area contributed by atoms with Crippen molar-refractivity contribution in [3.05, 3.63) is 17.5 Å². The number of amides is 1. The van der Waals surface area contributed by atoms with Gasteiger partial charge in [0, 0.05) is 51.8 Å². The molecule has 0 aromatic carbocycles. The van der Waals surface area contributed by atoms with E-state index in [2.05, 4.69) is 5.16 Å². The Hall–Kier alpha value is -1.45. The lowest BCUT2D eigenvalue weighted by molar-refractivity contribution is 0.0578. The molecular formula is C16H26N4O4S. The minimum atomic E-state index is -3.48. The zero-order chi connectivity index (χ0) is 18.4. The first-order valence-electron chi connectivity index (χ1n) is 8.65. The Morgan fingerprint density at radius 3 is 2.60 bits per heavy atom. The van der Waals surface area contributed by atoms with Gasteiger partial charge in [0.2, 0.25) is 0 Å². The molecule has 0 N–H and O–H groups in total. The molecule has 2 atom stereocenters. The lowest BCUT2D eigenvalue weighted by atomic mass is 9.94. The van der Waals surface area contributed by atoms with E-state index in [0.717, 1.165) is 12.8 Å². The van der Waals surface area contributed by atoms with Crippen LogP contribution in [0.3, 0.4) is 0 Å². The first-order chi connectivity index (χ1) is 11.7. The van der Waals surface area contributed by atoms with Crippen molar-refractivity contribution in [3.8, 4) is 0 Å². The van der Waals surface area contributed by atoms with Crippen LogP contribution >= 0.6 is 0 Å². The van der Waals surface area contributed by atoms with E-state index in [1.165, 1.54) is 22.7 Å². The molecule has 0 saturated carbocycles. The van der Waals surface area contributed by atoms with Gasteiger partial charge in [-0.3, -0.25) is 4.79 Å². The fourth-order valence-electron chi connectivity index (χ4n) is 3.52. The van der Waals surface area contributed by atoms with Gasteiger partial charge in [0.1, 0.15) is 5.76 Å². The van der Waals surface area contributed by atoms with Crippen molar-refractivity contribution in [2.24, 2.45) is 5.92 Å². The van der Waals surface area contributed by atoms with Gasteiger partial charge in [0.05, 0.1) is 0 Å². The number of carbonyl (C=O) groups is 1. The molecule has 0 spiro atoms. The summed E-state index contributed by atoms with van der Waals surface area (Å²) in [6, 6.07) is 1.57. The van der Waals surface area contributed by atoms with E-state index in [-0.39, 0.29) is 23.8 Å². The van der Waals surface area contributed by atoms with Gasteiger partial charge >= 0.3 is 0 Å². The monoisotopic (exact) mass is 370 g/mol. The fraction of sp³-hybridized carbons (Fsp3) is 0.750. The van der Waals surface area contributed by atoms with E-state index in [9.17, 15) is 13.2 Å². The Kier molecular flexibility index (Phi) is 4.91. The van der Waals surface area contributed by atoms with Crippen LogP contribution in [0.1, 0.15) is 48.9 Å². The lowest BCUT2D eigenvalue weighted by Crippen LogP contribution is -2.48. The smallest absolute Gasteiger partial charge is 0.281 e. The average molecular weight is 370 g/mol. The largest absolute Gasteiger partial charge is 0.360 e. The lowest BCUT2D eigenvalue weighted by Gasteiger charge is -2.35. The molecule has 0 unspecified atom stereocenters. The third kappa shape index (κ3) is 3.45. The molecule has 3 aliphatic rings. The molecule has 4 heterocycles. The summed E-state index contributed by atoms with van der Waals surface area (Å²) in [5.74, 6) is 0.818. The highest BCUT2D eigenvalue weighted by Crippen LogP contribution is 2.31. The summed E-state index contributed by atoms with van der Waals surface area (Å²) in [4.78, 5) is 14.7. The second-order valence-electron chi connectivity index (χ2n) is 7.43. The normalized spacial score (nSPS) is 25.0. The molecule has 2 bridgehead atoms. The SMILES string of the molecule is CC(C)c1cc(C(=O)N2C[C@@H]3CC[C@H]2CN(S(=O)(=O)N(C)C)C3)no1.